The lowest BCUT2D eigenvalue weighted by Gasteiger charge is -2.17. The van der Waals surface area contributed by atoms with Crippen molar-refractivity contribution in [2.75, 3.05) is 25.1 Å². The number of hydrogen-bond acceptors (Lipinski definition) is 4. The molecule has 0 aromatic carbocycles. The fraction of sp³-hybridized carbons (Fsp3) is 0.455. The minimum atomic E-state index is -0.417. The lowest BCUT2D eigenvalue weighted by molar-refractivity contribution is 0.0593. The van der Waals surface area contributed by atoms with Gasteiger partial charge in [0.25, 0.3) is 0 Å². The van der Waals surface area contributed by atoms with Gasteiger partial charge < -0.3 is 9.64 Å². The molecule has 5 heteroatoms. The van der Waals surface area contributed by atoms with Gasteiger partial charge in [-0.1, -0.05) is 0 Å². The molecule has 16 heavy (non-hydrogen) atoms. The minimum absolute atomic E-state index is 0.324. The average Bonchev–Trinajstić information content (AvgIpc) is 2.81. The number of halogens is 1. The zero-order chi connectivity index (χ0) is 11.5. The Morgan fingerprint density at radius 3 is 2.75 bits per heavy atom. The maximum absolute atomic E-state index is 11.3. The number of hydrogen-bond donors (Lipinski definition) is 0. The van der Waals surface area contributed by atoms with E-state index in [-0.39, 0.29) is 0 Å². The van der Waals surface area contributed by atoms with Gasteiger partial charge in [0.15, 0.2) is 5.69 Å². The van der Waals surface area contributed by atoms with Crippen LogP contribution in [0.15, 0.2) is 16.7 Å². The molecule has 1 aromatic rings. The average molecular weight is 285 g/mol. The Labute approximate surface area is 103 Å². The molecule has 1 aromatic heterocycles. The summed E-state index contributed by atoms with van der Waals surface area (Å²) in [6.45, 7) is 2.12. The number of methoxy groups -OCH3 is 1. The molecular weight excluding hydrogens is 272 g/mol. The van der Waals surface area contributed by atoms with Gasteiger partial charge in [0.2, 0.25) is 0 Å². The number of ether oxygens (including phenoxy) is 1. The highest BCUT2D eigenvalue weighted by atomic mass is 79.9. The highest BCUT2D eigenvalue weighted by molar-refractivity contribution is 9.10. The topological polar surface area (TPSA) is 42.4 Å². The fourth-order valence-corrected chi connectivity index (χ4v) is 2.32. The van der Waals surface area contributed by atoms with E-state index in [1.54, 1.807) is 6.20 Å². The van der Waals surface area contributed by atoms with E-state index in [9.17, 15) is 4.79 Å². The van der Waals surface area contributed by atoms with Crippen molar-refractivity contribution in [1.29, 1.82) is 0 Å². The molecule has 1 saturated heterocycles. The van der Waals surface area contributed by atoms with Crippen LogP contribution in [0.25, 0.3) is 0 Å². The van der Waals surface area contributed by atoms with Crippen LogP contribution in [0.3, 0.4) is 0 Å². The number of rotatable bonds is 2. The van der Waals surface area contributed by atoms with Gasteiger partial charge in [-0.2, -0.15) is 0 Å². The van der Waals surface area contributed by atoms with Crippen LogP contribution in [0.2, 0.25) is 0 Å². The molecule has 2 rings (SSSR count). The molecule has 0 atom stereocenters. The number of aromatic nitrogens is 1. The van der Waals surface area contributed by atoms with Crippen LogP contribution in [0.5, 0.6) is 0 Å². The molecule has 0 aliphatic carbocycles. The van der Waals surface area contributed by atoms with E-state index in [0.717, 1.165) is 18.8 Å². The Bertz CT molecular complexity index is 403. The summed E-state index contributed by atoms with van der Waals surface area (Å²) in [5.74, 6) is -0.417. The van der Waals surface area contributed by atoms with Crippen molar-refractivity contribution >= 4 is 27.6 Å². The molecule has 0 bridgehead atoms. The first-order valence-electron chi connectivity index (χ1n) is 5.21. The number of carbonyl (C=O) groups is 1. The normalized spacial score (nSPS) is 15.2. The standard InChI is InChI=1S/C11H13BrN2O2/c1-16-11(15)10-9(12)6-8(7-13-10)14-4-2-3-5-14/h6-7H,2-5H2,1H3. The van der Waals surface area contributed by atoms with E-state index in [1.165, 1.54) is 20.0 Å². The van der Waals surface area contributed by atoms with Gasteiger partial charge in [-0.05, 0) is 34.8 Å². The molecule has 0 radical (unpaired) electrons. The van der Waals surface area contributed by atoms with Gasteiger partial charge in [-0.25, -0.2) is 9.78 Å². The summed E-state index contributed by atoms with van der Waals surface area (Å²) in [6, 6.07) is 1.92. The molecule has 2 heterocycles. The van der Waals surface area contributed by atoms with Crippen LogP contribution in [0.1, 0.15) is 23.3 Å². The van der Waals surface area contributed by atoms with Crippen molar-refractivity contribution < 1.29 is 9.53 Å². The molecule has 86 valence electrons. The highest BCUT2D eigenvalue weighted by Crippen LogP contribution is 2.25. The smallest absolute Gasteiger partial charge is 0.357 e. The summed E-state index contributed by atoms with van der Waals surface area (Å²) in [7, 11) is 1.35. The fourth-order valence-electron chi connectivity index (χ4n) is 1.82. The van der Waals surface area contributed by atoms with Crippen molar-refractivity contribution in [3.8, 4) is 0 Å². The van der Waals surface area contributed by atoms with Gasteiger partial charge in [0.1, 0.15) is 0 Å². The van der Waals surface area contributed by atoms with Crippen LogP contribution < -0.4 is 4.90 Å². The molecule has 1 fully saturated rings. The Kier molecular flexibility index (Phi) is 3.43. The zero-order valence-electron chi connectivity index (χ0n) is 9.07. The first-order chi connectivity index (χ1) is 7.72. The molecule has 4 nitrogen and oxygen atoms in total. The summed E-state index contributed by atoms with van der Waals surface area (Å²) in [6.07, 6.45) is 4.16. The van der Waals surface area contributed by atoms with E-state index in [2.05, 4.69) is 30.6 Å². The monoisotopic (exact) mass is 284 g/mol. The Morgan fingerprint density at radius 1 is 1.50 bits per heavy atom. The Balaban J connectivity index is 2.25. The number of carbonyl (C=O) groups excluding carboxylic acids is 1. The first kappa shape index (κ1) is 11.4. The van der Waals surface area contributed by atoms with Crippen molar-refractivity contribution in [1.82, 2.24) is 4.98 Å². The van der Waals surface area contributed by atoms with Crippen LogP contribution in [0.4, 0.5) is 5.69 Å². The Hall–Kier alpha value is -1.10. The van der Waals surface area contributed by atoms with E-state index in [1.807, 2.05) is 6.07 Å². The number of esters is 1. The first-order valence-corrected chi connectivity index (χ1v) is 6.00. The van der Waals surface area contributed by atoms with Crippen LogP contribution >= 0.6 is 15.9 Å². The summed E-state index contributed by atoms with van der Waals surface area (Å²) >= 11 is 3.35. The van der Waals surface area contributed by atoms with Crippen molar-refractivity contribution in [2.24, 2.45) is 0 Å². The highest BCUT2D eigenvalue weighted by Gasteiger charge is 2.17. The third kappa shape index (κ3) is 2.19. The molecule has 0 amide bonds. The third-order valence-electron chi connectivity index (χ3n) is 2.68. The van der Waals surface area contributed by atoms with Gasteiger partial charge in [-0.3, -0.25) is 0 Å². The SMILES string of the molecule is COC(=O)c1ncc(N2CCCC2)cc1Br. The zero-order valence-corrected chi connectivity index (χ0v) is 10.7. The van der Waals surface area contributed by atoms with Crippen molar-refractivity contribution in [3.05, 3.63) is 22.4 Å². The van der Waals surface area contributed by atoms with Gasteiger partial charge >= 0.3 is 5.97 Å². The third-order valence-corrected chi connectivity index (χ3v) is 3.28. The quantitative estimate of drug-likeness (QED) is 0.781. The lowest BCUT2D eigenvalue weighted by Crippen LogP contribution is -2.18. The molecule has 0 unspecified atom stereocenters. The van der Waals surface area contributed by atoms with E-state index in [0.29, 0.717) is 10.2 Å². The van der Waals surface area contributed by atoms with Gasteiger partial charge in [-0.15, -0.1) is 0 Å². The summed E-state index contributed by atoms with van der Waals surface area (Å²) in [5.41, 5.74) is 1.38. The second-order valence-corrected chi connectivity index (χ2v) is 4.56. The Morgan fingerprint density at radius 2 is 2.19 bits per heavy atom. The molecule has 0 N–H and O–H groups in total. The maximum Gasteiger partial charge on any atom is 0.357 e. The van der Waals surface area contributed by atoms with E-state index >= 15 is 0 Å². The number of nitrogens with zero attached hydrogens (tertiary/aromatic N) is 2. The van der Waals surface area contributed by atoms with Crippen LogP contribution in [0, 0.1) is 0 Å². The van der Waals surface area contributed by atoms with Crippen LogP contribution in [-0.2, 0) is 4.74 Å². The summed E-state index contributed by atoms with van der Waals surface area (Å²) in [4.78, 5) is 17.7. The number of anilines is 1. The maximum atomic E-state index is 11.3. The minimum Gasteiger partial charge on any atom is -0.464 e. The van der Waals surface area contributed by atoms with E-state index in [4.69, 9.17) is 0 Å². The van der Waals surface area contributed by atoms with Gasteiger partial charge in [0, 0.05) is 13.1 Å². The molecule has 0 saturated carbocycles. The number of pyridine rings is 1. The van der Waals surface area contributed by atoms with Crippen molar-refractivity contribution in [2.45, 2.75) is 12.8 Å². The largest absolute Gasteiger partial charge is 0.464 e. The van der Waals surface area contributed by atoms with E-state index < -0.39 is 5.97 Å². The predicted octanol–water partition coefficient (Wildman–Crippen LogP) is 2.23. The second kappa shape index (κ2) is 4.82. The van der Waals surface area contributed by atoms with Crippen LogP contribution in [-0.4, -0.2) is 31.2 Å². The molecule has 1 aliphatic rings. The lowest BCUT2D eigenvalue weighted by atomic mass is 10.3. The second-order valence-electron chi connectivity index (χ2n) is 3.71. The predicted molar refractivity (Wildman–Crippen MR) is 64.7 cm³/mol. The molecule has 1 aliphatic heterocycles. The van der Waals surface area contributed by atoms with Gasteiger partial charge in [0.05, 0.1) is 23.5 Å². The molecular formula is C11H13BrN2O2. The van der Waals surface area contributed by atoms with Crippen molar-refractivity contribution in [3.63, 3.8) is 0 Å². The summed E-state index contributed by atoms with van der Waals surface area (Å²) in [5, 5.41) is 0. The summed E-state index contributed by atoms with van der Waals surface area (Å²) < 4.78 is 5.32. The molecule has 0 spiro atoms.